The molecular formula is C23H23N3O5S. The van der Waals surface area contributed by atoms with Gasteiger partial charge in [0.1, 0.15) is 12.3 Å². The second-order valence-electron chi connectivity index (χ2n) is 6.72. The van der Waals surface area contributed by atoms with E-state index in [1.165, 1.54) is 36.4 Å². The number of anilines is 2. The van der Waals surface area contributed by atoms with Gasteiger partial charge in [0, 0.05) is 11.3 Å². The van der Waals surface area contributed by atoms with Gasteiger partial charge in [-0.25, -0.2) is 8.42 Å². The van der Waals surface area contributed by atoms with Gasteiger partial charge in [0.05, 0.1) is 17.2 Å². The Morgan fingerprint density at radius 3 is 2.19 bits per heavy atom. The molecule has 0 saturated heterocycles. The fourth-order valence-corrected chi connectivity index (χ4v) is 4.46. The molecule has 3 N–H and O–H groups in total. The zero-order valence-electron chi connectivity index (χ0n) is 17.4. The summed E-state index contributed by atoms with van der Waals surface area (Å²) in [6.45, 7) is 1.63. The van der Waals surface area contributed by atoms with Gasteiger partial charge in [-0.3, -0.25) is 13.9 Å². The number of para-hydroxylation sites is 2. The summed E-state index contributed by atoms with van der Waals surface area (Å²) in [5.74, 6) is -0.814. The summed E-state index contributed by atoms with van der Waals surface area (Å²) in [5, 5.41) is 2.65. The van der Waals surface area contributed by atoms with Gasteiger partial charge in [0.25, 0.3) is 10.0 Å². The lowest BCUT2D eigenvalue weighted by atomic mass is 10.2. The topological polar surface area (TPSA) is 119 Å². The molecule has 9 heteroatoms. The summed E-state index contributed by atoms with van der Waals surface area (Å²) in [6, 6.07) is 20.5. The van der Waals surface area contributed by atoms with Crippen LogP contribution in [0, 0.1) is 0 Å². The van der Waals surface area contributed by atoms with E-state index >= 15 is 0 Å². The molecular weight excluding hydrogens is 430 g/mol. The van der Waals surface area contributed by atoms with Crippen LogP contribution in [0.3, 0.4) is 0 Å². The number of carbonyl (C=O) groups excluding carboxylic acids is 2. The number of benzene rings is 3. The predicted molar refractivity (Wildman–Crippen MR) is 122 cm³/mol. The van der Waals surface area contributed by atoms with Crippen molar-refractivity contribution in [2.45, 2.75) is 11.8 Å². The maximum atomic E-state index is 13.4. The molecule has 0 spiro atoms. The van der Waals surface area contributed by atoms with Gasteiger partial charge in [-0.2, -0.15) is 0 Å². The molecule has 0 radical (unpaired) electrons. The second kappa shape index (κ2) is 9.97. The Hall–Kier alpha value is -3.85. The van der Waals surface area contributed by atoms with Crippen LogP contribution in [0.1, 0.15) is 17.3 Å². The molecule has 0 aliphatic rings. The lowest BCUT2D eigenvalue weighted by Gasteiger charge is -2.26. The van der Waals surface area contributed by atoms with Crippen LogP contribution in [0.2, 0.25) is 0 Å². The number of primary amides is 1. The number of nitrogens with one attached hydrogen (secondary N) is 1. The number of rotatable bonds is 9. The Balaban J connectivity index is 1.94. The van der Waals surface area contributed by atoms with E-state index in [2.05, 4.69) is 5.32 Å². The Kier molecular flexibility index (Phi) is 7.11. The maximum Gasteiger partial charge on any atom is 0.264 e. The van der Waals surface area contributed by atoms with E-state index < -0.39 is 28.4 Å². The predicted octanol–water partition coefficient (Wildman–Crippen LogP) is 3.02. The number of nitrogens with zero attached hydrogens (tertiary/aromatic N) is 1. The van der Waals surface area contributed by atoms with Crippen molar-refractivity contribution in [1.82, 2.24) is 0 Å². The molecule has 32 heavy (non-hydrogen) atoms. The molecule has 0 aromatic heterocycles. The molecule has 0 bridgehead atoms. The van der Waals surface area contributed by atoms with Crippen LogP contribution in [0.4, 0.5) is 11.4 Å². The highest BCUT2D eigenvalue weighted by atomic mass is 32.2. The highest BCUT2D eigenvalue weighted by Crippen LogP contribution is 2.32. The van der Waals surface area contributed by atoms with Crippen LogP contribution in [-0.2, 0) is 14.8 Å². The standard InChI is InChI=1S/C23H23N3O5S/c1-2-31-21-11-7-6-10-20(21)26(32(29,30)19-8-4-3-5-9-19)16-22(27)25-18-14-12-17(13-15-18)23(24)28/h3-15H,2,16H2,1H3,(H2,24,28)(H,25,27). The van der Waals surface area contributed by atoms with Crippen molar-refractivity contribution >= 4 is 33.2 Å². The molecule has 0 heterocycles. The molecule has 3 aromatic rings. The third kappa shape index (κ3) is 5.25. The molecule has 0 aliphatic carbocycles. The fourth-order valence-electron chi connectivity index (χ4n) is 3.01. The van der Waals surface area contributed by atoms with Gasteiger partial charge in [0.15, 0.2) is 0 Å². The van der Waals surface area contributed by atoms with E-state index in [-0.39, 0.29) is 10.6 Å². The van der Waals surface area contributed by atoms with Crippen molar-refractivity contribution in [3.8, 4) is 5.75 Å². The third-order valence-corrected chi connectivity index (χ3v) is 6.28. The molecule has 0 atom stereocenters. The number of ether oxygens (including phenoxy) is 1. The highest BCUT2D eigenvalue weighted by Gasteiger charge is 2.29. The monoisotopic (exact) mass is 453 g/mol. The summed E-state index contributed by atoms with van der Waals surface area (Å²) in [6.07, 6.45) is 0. The number of nitrogens with two attached hydrogens (primary N) is 1. The number of sulfonamides is 1. The van der Waals surface area contributed by atoms with Gasteiger partial charge in [-0.15, -0.1) is 0 Å². The smallest absolute Gasteiger partial charge is 0.264 e. The van der Waals surface area contributed by atoms with E-state index in [4.69, 9.17) is 10.5 Å². The zero-order chi connectivity index (χ0) is 23.1. The Morgan fingerprint density at radius 1 is 0.938 bits per heavy atom. The minimum atomic E-state index is -4.07. The first-order chi connectivity index (χ1) is 15.3. The first kappa shape index (κ1) is 22.8. The van der Waals surface area contributed by atoms with E-state index in [0.29, 0.717) is 23.6 Å². The Labute approximate surface area is 186 Å². The summed E-state index contributed by atoms with van der Waals surface area (Å²) in [7, 11) is -4.07. The highest BCUT2D eigenvalue weighted by molar-refractivity contribution is 7.92. The van der Waals surface area contributed by atoms with Crippen molar-refractivity contribution in [3.05, 3.63) is 84.4 Å². The van der Waals surface area contributed by atoms with E-state index in [1.807, 2.05) is 0 Å². The van der Waals surface area contributed by atoms with Crippen molar-refractivity contribution in [3.63, 3.8) is 0 Å². The SMILES string of the molecule is CCOc1ccccc1N(CC(=O)Nc1ccc(C(N)=O)cc1)S(=O)(=O)c1ccccc1. The fraction of sp³-hybridized carbons (Fsp3) is 0.130. The van der Waals surface area contributed by atoms with Crippen LogP contribution in [0.15, 0.2) is 83.8 Å². The van der Waals surface area contributed by atoms with Gasteiger partial charge >= 0.3 is 0 Å². The van der Waals surface area contributed by atoms with Gasteiger partial charge in [-0.05, 0) is 55.5 Å². The molecule has 2 amide bonds. The van der Waals surface area contributed by atoms with Crippen LogP contribution in [0.25, 0.3) is 0 Å². The minimum absolute atomic E-state index is 0.0462. The summed E-state index contributed by atoms with van der Waals surface area (Å²) in [4.78, 5) is 24.1. The van der Waals surface area contributed by atoms with E-state index in [0.717, 1.165) is 4.31 Å². The van der Waals surface area contributed by atoms with Crippen molar-refractivity contribution < 1.29 is 22.7 Å². The number of hydrogen-bond acceptors (Lipinski definition) is 5. The normalized spacial score (nSPS) is 10.9. The summed E-state index contributed by atoms with van der Waals surface area (Å²) >= 11 is 0. The minimum Gasteiger partial charge on any atom is -0.492 e. The zero-order valence-corrected chi connectivity index (χ0v) is 18.2. The molecule has 0 aliphatic heterocycles. The largest absolute Gasteiger partial charge is 0.492 e. The summed E-state index contributed by atoms with van der Waals surface area (Å²) in [5.41, 5.74) is 6.17. The van der Waals surface area contributed by atoms with Crippen LogP contribution in [-0.4, -0.2) is 33.4 Å². The Bertz CT molecular complexity index is 1200. The first-order valence-corrected chi connectivity index (χ1v) is 11.3. The third-order valence-electron chi connectivity index (χ3n) is 4.51. The van der Waals surface area contributed by atoms with Crippen LogP contribution in [0.5, 0.6) is 5.75 Å². The summed E-state index contributed by atoms with van der Waals surface area (Å²) < 4.78 is 33.5. The molecule has 0 saturated carbocycles. The van der Waals surface area contributed by atoms with E-state index in [1.54, 1.807) is 49.4 Å². The number of hydrogen-bond donors (Lipinski definition) is 2. The van der Waals surface area contributed by atoms with E-state index in [9.17, 15) is 18.0 Å². The molecule has 166 valence electrons. The van der Waals surface area contributed by atoms with Gasteiger partial charge in [0.2, 0.25) is 11.8 Å². The maximum absolute atomic E-state index is 13.4. The van der Waals surface area contributed by atoms with Crippen LogP contribution >= 0.6 is 0 Å². The van der Waals surface area contributed by atoms with Crippen molar-refractivity contribution in [1.29, 1.82) is 0 Å². The first-order valence-electron chi connectivity index (χ1n) is 9.82. The van der Waals surface area contributed by atoms with Gasteiger partial charge < -0.3 is 15.8 Å². The number of carbonyl (C=O) groups is 2. The van der Waals surface area contributed by atoms with Gasteiger partial charge in [-0.1, -0.05) is 30.3 Å². The lowest BCUT2D eigenvalue weighted by molar-refractivity contribution is -0.114. The molecule has 0 fully saturated rings. The lowest BCUT2D eigenvalue weighted by Crippen LogP contribution is -2.38. The van der Waals surface area contributed by atoms with Crippen molar-refractivity contribution in [2.24, 2.45) is 5.73 Å². The average Bonchev–Trinajstić information content (AvgIpc) is 2.79. The van der Waals surface area contributed by atoms with Crippen molar-refractivity contribution in [2.75, 3.05) is 22.8 Å². The van der Waals surface area contributed by atoms with Crippen LogP contribution < -0.4 is 20.1 Å². The second-order valence-corrected chi connectivity index (χ2v) is 8.58. The average molecular weight is 454 g/mol. The molecule has 8 nitrogen and oxygen atoms in total. The Morgan fingerprint density at radius 2 is 1.56 bits per heavy atom. The molecule has 3 aromatic carbocycles. The molecule has 3 rings (SSSR count). The molecule has 0 unspecified atom stereocenters. The number of amides is 2. The quantitative estimate of drug-likeness (QED) is 0.516.